The average Bonchev–Trinajstić information content (AvgIpc) is 2.64. The van der Waals surface area contributed by atoms with E-state index in [-0.39, 0.29) is 5.75 Å². The number of aromatic nitrogens is 2. The number of carbonyl (C=O) groups is 1. The molecule has 0 atom stereocenters. The van der Waals surface area contributed by atoms with Crippen LogP contribution in [-0.4, -0.2) is 26.4 Å². The van der Waals surface area contributed by atoms with E-state index in [9.17, 15) is 4.79 Å². The molecule has 0 radical (unpaired) electrons. The maximum absolute atomic E-state index is 10.6. The highest BCUT2D eigenvalue weighted by molar-refractivity contribution is 9.11. The Bertz CT molecular complexity index is 609. The van der Waals surface area contributed by atoms with Crippen molar-refractivity contribution in [1.82, 2.24) is 9.55 Å². The van der Waals surface area contributed by atoms with Crippen molar-refractivity contribution in [2.45, 2.75) is 11.7 Å². The number of benzene rings is 1. The molecule has 2 aromatic rings. The molecule has 18 heavy (non-hydrogen) atoms. The minimum absolute atomic E-state index is 0.00190. The second-order valence-corrected chi connectivity index (χ2v) is 5.73. The number of hydrogen-bond donors (Lipinski definition) is 1. The van der Waals surface area contributed by atoms with Gasteiger partial charge in [-0.1, -0.05) is 46.4 Å². The normalized spacial score (nSPS) is 10.7. The van der Waals surface area contributed by atoms with Gasteiger partial charge in [-0.3, -0.25) is 4.79 Å². The number of nitrogens with zero attached hydrogens (tertiary/aromatic N) is 2. The minimum Gasteiger partial charge on any atom is -0.481 e. The Labute approximate surface area is 117 Å². The zero-order chi connectivity index (χ0) is 13.1. The molecule has 0 saturated carbocycles. The Morgan fingerprint density at radius 3 is 2.89 bits per heavy atom. The van der Waals surface area contributed by atoms with Crippen LogP contribution in [-0.2, 0) is 11.3 Å². The lowest BCUT2D eigenvalue weighted by Crippen LogP contribution is -2.03. The first-order chi connectivity index (χ1) is 8.58. The van der Waals surface area contributed by atoms with E-state index < -0.39 is 5.97 Å². The second kappa shape index (κ2) is 5.58. The predicted octanol–water partition coefficient (Wildman–Crippen LogP) is 3.12. The highest BCUT2D eigenvalue weighted by Gasteiger charge is 2.12. The van der Waals surface area contributed by atoms with Gasteiger partial charge in [-0.05, 0) is 12.1 Å². The quantitative estimate of drug-likeness (QED) is 0.858. The van der Waals surface area contributed by atoms with Crippen LogP contribution in [0.25, 0.3) is 11.0 Å². The zero-order valence-corrected chi connectivity index (χ0v) is 11.9. The number of halogens is 1. The molecule has 0 fully saturated rings. The molecular weight excluding hydrogens is 316 g/mol. The summed E-state index contributed by atoms with van der Waals surface area (Å²) in [6.45, 7) is 4.39. The van der Waals surface area contributed by atoms with E-state index in [1.807, 2.05) is 28.8 Å². The van der Waals surface area contributed by atoms with Crippen LogP contribution in [0.1, 0.15) is 0 Å². The molecule has 0 spiro atoms. The van der Waals surface area contributed by atoms with Gasteiger partial charge in [-0.25, -0.2) is 4.98 Å². The SMILES string of the molecule is C=C(Br)Cn1c(SCC(=O)O)nc2ccccc21. The molecule has 0 aliphatic heterocycles. The molecule has 0 unspecified atom stereocenters. The average molecular weight is 327 g/mol. The second-order valence-electron chi connectivity index (χ2n) is 3.67. The summed E-state index contributed by atoms with van der Waals surface area (Å²) in [5.41, 5.74) is 1.84. The first kappa shape index (κ1) is 13.2. The van der Waals surface area contributed by atoms with Gasteiger partial charge in [0.05, 0.1) is 23.3 Å². The van der Waals surface area contributed by atoms with E-state index in [0.29, 0.717) is 11.7 Å². The van der Waals surface area contributed by atoms with Crippen LogP contribution >= 0.6 is 27.7 Å². The molecule has 2 rings (SSSR count). The Morgan fingerprint density at radius 1 is 1.50 bits per heavy atom. The van der Waals surface area contributed by atoms with Crippen molar-refractivity contribution in [2.24, 2.45) is 0 Å². The Morgan fingerprint density at radius 2 is 2.22 bits per heavy atom. The maximum atomic E-state index is 10.6. The van der Waals surface area contributed by atoms with Gasteiger partial charge in [0.25, 0.3) is 0 Å². The van der Waals surface area contributed by atoms with Crippen molar-refractivity contribution in [1.29, 1.82) is 0 Å². The Balaban J connectivity index is 2.42. The number of thioether (sulfide) groups is 1. The largest absolute Gasteiger partial charge is 0.481 e. The zero-order valence-electron chi connectivity index (χ0n) is 9.47. The number of hydrogen-bond acceptors (Lipinski definition) is 3. The molecule has 94 valence electrons. The van der Waals surface area contributed by atoms with Gasteiger partial charge in [-0.15, -0.1) is 0 Å². The molecule has 1 aromatic carbocycles. The van der Waals surface area contributed by atoms with Crippen molar-refractivity contribution in [3.63, 3.8) is 0 Å². The van der Waals surface area contributed by atoms with Gasteiger partial charge >= 0.3 is 5.97 Å². The Hall–Kier alpha value is -1.27. The molecule has 1 heterocycles. The summed E-state index contributed by atoms with van der Waals surface area (Å²) in [5.74, 6) is -0.853. The highest BCUT2D eigenvalue weighted by atomic mass is 79.9. The standard InChI is InChI=1S/C12H11BrN2O2S/c1-8(13)6-15-10-5-3-2-4-9(10)14-12(15)18-7-11(16)17/h2-5H,1,6-7H2,(H,16,17). The van der Waals surface area contributed by atoms with Crippen molar-refractivity contribution in [3.8, 4) is 0 Å². The van der Waals surface area contributed by atoms with Gasteiger partial charge in [0.2, 0.25) is 0 Å². The fourth-order valence-electron chi connectivity index (χ4n) is 1.61. The number of carboxylic acid groups (broad SMARTS) is 1. The van der Waals surface area contributed by atoms with Crippen LogP contribution in [0.3, 0.4) is 0 Å². The first-order valence-electron chi connectivity index (χ1n) is 5.21. The molecule has 0 aliphatic carbocycles. The lowest BCUT2D eigenvalue weighted by Gasteiger charge is -2.06. The third-order valence-corrected chi connectivity index (χ3v) is 3.49. The van der Waals surface area contributed by atoms with Crippen LogP contribution in [0.5, 0.6) is 0 Å². The number of imidazole rings is 1. The topological polar surface area (TPSA) is 55.1 Å². The van der Waals surface area contributed by atoms with Gasteiger partial charge < -0.3 is 9.67 Å². The van der Waals surface area contributed by atoms with Crippen LogP contribution in [0.2, 0.25) is 0 Å². The third kappa shape index (κ3) is 2.94. The molecular formula is C12H11BrN2O2S. The van der Waals surface area contributed by atoms with E-state index in [2.05, 4.69) is 27.5 Å². The number of rotatable bonds is 5. The Kier molecular flexibility index (Phi) is 4.08. The molecule has 0 aliphatic rings. The van der Waals surface area contributed by atoms with Crippen LogP contribution < -0.4 is 0 Å². The molecule has 6 heteroatoms. The smallest absolute Gasteiger partial charge is 0.313 e. The summed E-state index contributed by atoms with van der Waals surface area (Å²) in [6.07, 6.45) is 0. The van der Waals surface area contributed by atoms with Gasteiger partial charge in [0, 0.05) is 4.48 Å². The van der Waals surface area contributed by atoms with E-state index in [4.69, 9.17) is 5.11 Å². The summed E-state index contributed by atoms with van der Waals surface area (Å²) in [4.78, 5) is 15.1. The van der Waals surface area contributed by atoms with Crippen LogP contribution in [0, 0.1) is 0 Å². The van der Waals surface area contributed by atoms with Gasteiger partial charge in [-0.2, -0.15) is 0 Å². The predicted molar refractivity (Wildman–Crippen MR) is 76.2 cm³/mol. The molecule has 0 amide bonds. The van der Waals surface area contributed by atoms with E-state index in [0.717, 1.165) is 15.5 Å². The fourth-order valence-corrected chi connectivity index (χ4v) is 2.60. The van der Waals surface area contributed by atoms with E-state index in [1.54, 1.807) is 0 Å². The van der Waals surface area contributed by atoms with Gasteiger partial charge in [0.15, 0.2) is 5.16 Å². The van der Waals surface area contributed by atoms with Crippen molar-refractivity contribution in [2.75, 3.05) is 5.75 Å². The molecule has 1 N–H and O–H groups in total. The third-order valence-electron chi connectivity index (χ3n) is 2.27. The van der Waals surface area contributed by atoms with Crippen LogP contribution in [0.15, 0.2) is 40.5 Å². The van der Waals surface area contributed by atoms with E-state index >= 15 is 0 Å². The van der Waals surface area contributed by atoms with Crippen LogP contribution in [0.4, 0.5) is 0 Å². The minimum atomic E-state index is -0.851. The molecule has 4 nitrogen and oxygen atoms in total. The summed E-state index contributed by atoms with van der Waals surface area (Å²) in [5, 5.41) is 9.43. The van der Waals surface area contributed by atoms with Crippen molar-refractivity contribution < 1.29 is 9.90 Å². The molecule has 0 bridgehead atoms. The number of fused-ring (bicyclic) bond motifs is 1. The number of para-hydroxylation sites is 2. The van der Waals surface area contributed by atoms with E-state index in [1.165, 1.54) is 11.8 Å². The molecule has 0 saturated heterocycles. The van der Waals surface area contributed by atoms with Gasteiger partial charge in [0.1, 0.15) is 0 Å². The first-order valence-corrected chi connectivity index (χ1v) is 6.99. The lowest BCUT2D eigenvalue weighted by molar-refractivity contribution is -0.133. The fraction of sp³-hybridized carbons (Fsp3) is 0.167. The lowest BCUT2D eigenvalue weighted by atomic mass is 10.3. The van der Waals surface area contributed by atoms with Crippen molar-refractivity contribution in [3.05, 3.63) is 35.3 Å². The summed E-state index contributed by atoms with van der Waals surface area (Å²) < 4.78 is 2.78. The number of aliphatic carboxylic acids is 1. The number of allylic oxidation sites excluding steroid dienone is 1. The molecule has 1 aromatic heterocycles. The number of carboxylic acids is 1. The maximum Gasteiger partial charge on any atom is 0.313 e. The highest BCUT2D eigenvalue weighted by Crippen LogP contribution is 2.25. The summed E-state index contributed by atoms with van der Waals surface area (Å²) in [6, 6.07) is 7.72. The summed E-state index contributed by atoms with van der Waals surface area (Å²) >= 11 is 4.54. The summed E-state index contributed by atoms with van der Waals surface area (Å²) in [7, 11) is 0. The van der Waals surface area contributed by atoms with Crippen molar-refractivity contribution >= 4 is 44.7 Å². The monoisotopic (exact) mass is 326 g/mol.